The van der Waals surface area contributed by atoms with Crippen molar-refractivity contribution >= 4 is 5.97 Å². The Labute approximate surface area is 114 Å². The fourth-order valence-corrected chi connectivity index (χ4v) is 3.15. The van der Waals surface area contributed by atoms with E-state index in [0.29, 0.717) is 17.7 Å². The van der Waals surface area contributed by atoms with Crippen molar-refractivity contribution in [3.8, 4) is 5.75 Å². The molecular weight excluding hydrogens is 266 g/mol. The largest absolute Gasteiger partial charge is 0.426 e. The van der Waals surface area contributed by atoms with Gasteiger partial charge < -0.3 is 15.3 Å². The third-order valence-electron chi connectivity index (χ3n) is 4.00. The predicted molar refractivity (Wildman–Crippen MR) is 67.9 cm³/mol. The van der Waals surface area contributed by atoms with Crippen LogP contribution in [0.25, 0.3) is 0 Å². The summed E-state index contributed by atoms with van der Waals surface area (Å²) in [5, 5.41) is 21.1. The number of fused-ring (bicyclic) bond motifs is 3. The zero-order chi connectivity index (χ0) is 13.6. The van der Waals surface area contributed by atoms with Crippen molar-refractivity contribution in [2.75, 3.05) is 0 Å². The number of carbonyl (C=O) groups excluding carboxylic acids is 1. The number of rotatable bonds is 1. The van der Waals surface area contributed by atoms with E-state index in [1.807, 2.05) is 0 Å². The van der Waals surface area contributed by atoms with Crippen molar-refractivity contribution in [2.24, 2.45) is 5.92 Å². The Balaban J connectivity index is 0.00000147. The first kappa shape index (κ1) is 14.4. The molecule has 3 rings (SSSR count). The van der Waals surface area contributed by atoms with E-state index in [0.717, 1.165) is 0 Å². The minimum Gasteiger partial charge on any atom is -0.426 e. The molecule has 0 radical (unpaired) electrons. The second-order valence-electron chi connectivity index (χ2n) is 5.01. The quantitative estimate of drug-likeness (QED) is 0.343. The Morgan fingerprint density at radius 2 is 2.00 bits per heavy atom. The molecule has 7 nitrogen and oxygen atoms in total. The Morgan fingerprint density at radius 1 is 1.30 bits per heavy atom. The number of aliphatic hydroxyl groups is 1. The highest BCUT2D eigenvalue weighted by Crippen LogP contribution is 2.46. The second kappa shape index (κ2) is 5.18. The average Bonchev–Trinajstić information content (AvgIpc) is 2.38. The standard InChI is InChI=1S/C13H13NO5.H2O/c15-9-6-5-8-11(12(9)14(17)18)7-3-1-2-4-10(7)19-13(8)16;/h1-4,8-9,11-12,15H,5-6H2;1H2/t8-,9-,11-,12-;/m1./s1. The Kier molecular flexibility index (Phi) is 3.74. The maximum absolute atomic E-state index is 11.9. The summed E-state index contributed by atoms with van der Waals surface area (Å²) in [7, 11) is 0. The Hall–Kier alpha value is -1.99. The van der Waals surface area contributed by atoms with Crippen LogP contribution in [0.5, 0.6) is 5.75 Å². The SMILES string of the molecule is O.O=C1Oc2ccccc2[C@H]2[C@H]([N+](=O)[O-])[C@H](O)CC[C@@H]12. The Bertz CT molecular complexity index is 545. The first-order chi connectivity index (χ1) is 9.09. The molecule has 0 spiro atoms. The van der Waals surface area contributed by atoms with Crippen LogP contribution in [-0.2, 0) is 4.79 Å². The molecule has 108 valence electrons. The van der Waals surface area contributed by atoms with E-state index in [2.05, 4.69) is 0 Å². The van der Waals surface area contributed by atoms with E-state index in [4.69, 9.17) is 4.74 Å². The number of nitrogens with zero attached hydrogens (tertiary/aromatic N) is 1. The van der Waals surface area contributed by atoms with Crippen LogP contribution >= 0.6 is 0 Å². The molecule has 0 unspecified atom stereocenters. The lowest BCUT2D eigenvalue weighted by Crippen LogP contribution is -2.50. The normalized spacial score (nSPS) is 31.4. The molecule has 0 bridgehead atoms. The molecule has 1 aromatic rings. The molecule has 1 aliphatic carbocycles. The van der Waals surface area contributed by atoms with E-state index in [1.54, 1.807) is 24.3 Å². The molecule has 1 aromatic carbocycles. The van der Waals surface area contributed by atoms with Gasteiger partial charge in [-0.3, -0.25) is 14.9 Å². The number of nitro groups is 1. The van der Waals surface area contributed by atoms with E-state index < -0.39 is 34.9 Å². The highest BCUT2D eigenvalue weighted by atomic mass is 16.6. The number of esters is 1. The predicted octanol–water partition coefficient (Wildman–Crippen LogP) is 0.281. The van der Waals surface area contributed by atoms with Crippen molar-refractivity contribution in [2.45, 2.75) is 30.9 Å². The van der Waals surface area contributed by atoms with Crippen molar-refractivity contribution in [1.29, 1.82) is 0 Å². The maximum atomic E-state index is 11.9. The number of hydrogen-bond acceptors (Lipinski definition) is 5. The number of aliphatic hydroxyl groups excluding tert-OH is 1. The molecule has 7 heteroatoms. The average molecular weight is 281 g/mol. The molecular formula is C13H15NO6. The molecule has 3 N–H and O–H groups in total. The van der Waals surface area contributed by atoms with Gasteiger partial charge in [0.15, 0.2) is 0 Å². The highest BCUT2D eigenvalue weighted by molar-refractivity contribution is 5.79. The first-order valence-corrected chi connectivity index (χ1v) is 6.22. The molecule has 4 atom stereocenters. The van der Waals surface area contributed by atoms with Crippen LogP contribution in [0, 0.1) is 16.0 Å². The van der Waals surface area contributed by atoms with Crippen LogP contribution < -0.4 is 4.74 Å². The lowest BCUT2D eigenvalue weighted by Gasteiger charge is -2.38. The smallest absolute Gasteiger partial charge is 0.315 e. The van der Waals surface area contributed by atoms with Gasteiger partial charge >= 0.3 is 5.97 Å². The molecule has 0 aromatic heterocycles. The summed E-state index contributed by atoms with van der Waals surface area (Å²) < 4.78 is 5.22. The van der Waals surface area contributed by atoms with Gasteiger partial charge in [0.25, 0.3) is 0 Å². The lowest BCUT2D eigenvalue weighted by molar-refractivity contribution is -0.543. The van der Waals surface area contributed by atoms with Gasteiger partial charge in [0, 0.05) is 10.5 Å². The first-order valence-electron chi connectivity index (χ1n) is 6.22. The van der Waals surface area contributed by atoms with E-state index in [1.165, 1.54) is 0 Å². The summed E-state index contributed by atoms with van der Waals surface area (Å²) in [5.41, 5.74) is 0.646. The number of benzene rings is 1. The molecule has 1 saturated carbocycles. The van der Waals surface area contributed by atoms with Crippen molar-refractivity contribution in [1.82, 2.24) is 0 Å². The fourth-order valence-electron chi connectivity index (χ4n) is 3.15. The van der Waals surface area contributed by atoms with Gasteiger partial charge in [-0.15, -0.1) is 0 Å². The van der Waals surface area contributed by atoms with Gasteiger partial charge in [-0.05, 0) is 18.9 Å². The number of carbonyl (C=O) groups is 1. The third kappa shape index (κ3) is 2.04. The summed E-state index contributed by atoms with van der Waals surface area (Å²) in [6.45, 7) is 0. The van der Waals surface area contributed by atoms with Gasteiger partial charge in [-0.1, -0.05) is 18.2 Å². The molecule has 1 fully saturated rings. The molecule has 0 saturated heterocycles. The number of para-hydroxylation sites is 1. The second-order valence-corrected chi connectivity index (χ2v) is 5.01. The van der Waals surface area contributed by atoms with Crippen molar-refractivity contribution in [3.05, 3.63) is 39.9 Å². The summed E-state index contributed by atoms with van der Waals surface area (Å²) in [5.74, 6) is -1.19. The van der Waals surface area contributed by atoms with Crippen LogP contribution in [0.3, 0.4) is 0 Å². The summed E-state index contributed by atoms with van der Waals surface area (Å²) in [6, 6.07) is 5.68. The zero-order valence-electron chi connectivity index (χ0n) is 10.6. The van der Waals surface area contributed by atoms with Crippen LogP contribution in [0.2, 0.25) is 0 Å². The molecule has 0 amide bonds. The summed E-state index contributed by atoms with van der Waals surface area (Å²) >= 11 is 0. The van der Waals surface area contributed by atoms with Gasteiger partial charge in [0.05, 0.1) is 11.8 Å². The Morgan fingerprint density at radius 3 is 2.70 bits per heavy atom. The fraction of sp³-hybridized carbons (Fsp3) is 0.462. The molecule has 2 aliphatic rings. The topological polar surface area (TPSA) is 121 Å². The van der Waals surface area contributed by atoms with Crippen LogP contribution in [0.1, 0.15) is 24.3 Å². The van der Waals surface area contributed by atoms with Crippen LogP contribution in [-0.4, -0.2) is 33.6 Å². The van der Waals surface area contributed by atoms with E-state index in [9.17, 15) is 20.0 Å². The summed E-state index contributed by atoms with van der Waals surface area (Å²) in [4.78, 5) is 22.7. The highest BCUT2D eigenvalue weighted by Gasteiger charge is 2.53. The molecule has 1 heterocycles. The number of ether oxygens (including phenoxy) is 1. The van der Waals surface area contributed by atoms with Crippen LogP contribution in [0.15, 0.2) is 24.3 Å². The van der Waals surface area contributed by atoms with Gasteiger partial charge in [0.1, 0.15) is 11.9 Å². The van der Waals surface area contributed by atoms with Gasteiger partial charge in [-0.25, -0.2) is 0 Å². The maximum Gasteiger partial charge on any atom is 0.315 e. The van der Waals surface area contributed by atoms with Crippen LogP contribution in [0.4, 0.5) is 0 Å². The van der Waals surface area contributed by atoms with Gasteiger partial charge in [-0.2, -0.15) is 0 Å². The minimum absolute atomic E-state index is 0. The monoisotopic (exact) mass is 281 g/mol. The minimum atomic E-state index is -1.15. The molecule has 20 heavy (non-hydrogen) atoms. The zero-order valence-corrected chi connectivity index (χ0v) is 10.6. The lowest BCUT2D eigenvalue weighted by atomic mass is 9.70. The van der Waals surface area contributed by atoms with E-state index in [-0.39, 0.29) is 11.9 Å². The summed E-state index contributed by atoms with van der Waals surface area (Å²) in [6.07, 6.45) is -0.344. The molecule has 1 aliphatic heterocycles. The number of hydrogen-bond donors (Lipinski definition) is 1. The van der Waals surface area contributed by atoms with Crippen molar-refractivity contribution < 1.29 is 25.0 Å². The van der Waals surface area contributed by atoms with Crippen molar-refractivity contribution in [3.63, 3.8) is 0 Å². The third-order valence-corrected chi connectivity index (χ3v) is 4.00. The van der Waals surface area contributed by atoms with Gasteiger partial charge in [0.2, 0.25) is 6.04 Å². The van der Waals surface area contributed by atoms with E-state index >= 15 is 0 Å².